The molecule has 4 heteroatoms. The molecule has 3 N–H and O–H groups in total. The molecule has 3 aromatic rings. The highest BCUT2D eigenvalue weighted by molar-refractivity contribution is 5.69. The smallest absolute Gasteiger partial charge is 0.137 e. The van der Waals surface area contributed by atoms with Crippen molar-refractivity contribution in [1.82, 2.24) is 9.97 Å². The van der Waals surface area contributed by atoms with Crippen molar-refractivity contribution in [2.45, 2.75) is 0 Å². The van der Waals surface area contributed by atoms with Gasteiger partial charge >= 0.3 is 0 Å². The molecule has 21 heavy (non-hydrogen) atoms. The van der Waals surface area contributed by atoms with E-state index in [1.54, 1.807) is 0 Å². The van der Waals surface area contributed by atoms with Crippen molar-refractivity contribution < 1.29 is 4.74 Å². The maximum atomic E-state index is 5.68. The number of nitrogens with zero attached hydrogens (tertiary/aromatic N) is 1. The molecule has 0 saturated heterocycles. The van der Waals surface area contributed by atoms with Crippen molar-refractivity contribution in [2.24, 2.45) is 5.73 Å². The number of hydrogen-bond donors (Lipinski definition) is 2. The minimum atomic E-state index is 0.493. The number of imidazole rings is 1. The van der Waals surface area contributed by atoms with Gasteiger partial charge in [-0.15, -0.1) is 0 Å². The van der Waals surface area contributed by atoms with Crippen molar-refractivity contribution in [3.8, 4) is 28.4 Å². The molecular formula is C17H17N3O. The van der Waals surface area contributed by atoms with Crippen LogP contribution in [0.2, 0.25) is 0 Å². The van der Waals surface area contributed by atoms with Gasteiger partial charge in [-0.1, -0.05) is 42.5 Å². The normalized spacial score (nSPS) is 10.5. The molecular weight excluding hydrogens is 262 g/mol. The van der Waals surface area contributed by atoms with E-state index in [1.807, 2.05) is 60.8 Å². The topological polar surface area (TPSA) is 63.9 Å². The predicted molar refractivity (Wildman–Crippen MR) is 84.0 cm³/mol. The van der Waals surface area contributed by atoms with Gasteiger partial charge in [-0.25, -0.2) is 4.98 Å². The van der Waals surface area contributed by atoms with Crippen molar-refractivity contribution in [1.29, 1.82) is 0 Å². The fourth-order valence-electron chi connectivity index (χ4n) is 2.18. The van der Waals surface area contributed by atoms with Crippen LogP contribution >= 0.6 is 0 Å². The SMILES string of the molecule is NCCOc1ccccc1-c1cnc(-c2ccccc2)[nH]1. The Hall–Kier alpha value is -2.59. The third kappa shape index (κ3) is 2.95. The van der Waals surface area contributed by atoms with Crippen LogP contribution in [0.25, 0.3) is 22.6 Å². The molecule has 3 rings (SSSR count). The van der Waals surface area contributed by atoms with E-state index in [4.69, 9.17) is 10.5 Å². The molecule has 4 nitrogen and oxygen atoms in total. The van der Waals surface area contributed by atoms with Gasteiger partial charge in [-0.3, -0.25) is 0 Å². The first kappa shape index (κ1) is 13.4. The average Bonchev–Trinajstić information content (AvgIpc) is 3.04. The second-order valence-electron chi connectivity index (χ2n) is 4.64. The zero-order valence-electron chi connectivity index (χ0n) is 11.6. The Kier molecular flexibility index (Phi) is 3.98. The lowest BCUT2D eigenvalue weighted by Gasteiger charge is -2.09. The Morgan fingerprint density at radius 1 is 1.00 bits per heavy atom. The van der Waals surface area contributed by atoms with E-state index < -0.39 is 0 Å². The summed E-state index contributed by atoms with van der Waals surface area (Å²) >= 11 is 0. The van der Waals surface area contributed by atoms with Crippen LogP contribution in [-0.2, 0) is 0 Å². The molecule has 106 valence electrons. The standard InChI is InChI=1S/C17H17N3O/c18-10-11-21-16-9-5-4-8-14(16)15-12-19-17(20-15)13-6-2-1-3-7-13/h1-9,12H,10-11,18H2,(H,19,20). The minimum absolute atomic E-state index is 0.493. The van der Waals surface area contributed by atoms with Gasteiger partial charge in [0.25, 0.3) is 0 Å². The summed E-state index contributed by atoms with van der Waals surface area (Å²) < 4.78 is 5.68. The lowest BCUT2D eigenvalue weighted by Crippen LogP contribution is -2.10. The predicted octanol–water partition coefficient (Wildman–Crippen LogP) is 3.08. The molecule has 1 heterocycles. The van der Waals surface area contributed by atoms with Crippen LogP contribution in [0.1, 0.15) is 0 Å². The third-order valence-corrected chi connectivity index (χ3v) is 3.18. The largest absolute Gasteiger partial charge is 0.492 e. The molecule has 0 aliphatic carbocycles. The van der Waals surface area contributed by atoms with Crippen molar-refractivity contribution in [2.75, 3.05) is 13.2 Å². The second-order valence-corrected chi connectivity index (χ2v) is 4.64. The number of H-pyrrole nitrogens is 1. The van der Waals surface area contributed by atoms with E-state index in [0.717, 1.165) is 28.4 Å². The lowest BCUT2D eigenvalue weighted by molar-refractivity contribution is 0.329. The number of aromatic nitrogens is 2. The first-order valence-corrected chi connectivity index (χ1v) is 6.91. The van der Waals surface area contributed by atoms with Crippen LogP contribution in [0.4, 0.5) is 0 Å². The zero-order chi connectivity index (χ0) is 14.5. The second kappa shape index (κ2) is 6.24. The average molecular weight is 279 g/mol. The zero-order valence-corrected chi connectivity index (χ0v) is 11.6. The molecule has 0 bridgehead atoms. The fourth-order valence-corrected chi connectivity index (χ4v) is 2.18. The molecule has 0 saturated carbocycles. The Morgan fingerprint density at radius 3 is 2.57 bits per heavy atom. The highest BCUT2D eigenvalue weighted by Crippen LogP contribution is 2.29. The van der Waals surface area contributed by atoms with E-state index in [2.05, 4.69) is 9.97 Å². The maximum absolute atomic E-state index is 5.68. The number of aromatic amines is 1. The number of ether oxygens (including phenoxy) is 1. The van der Waals surface area contributed by atoms with Gasteiger partial charge in [0, 0.05) is 17.7 Å². The van der Waals surface area contributed by atoms with E-state index in [1.165, 1.54) is 0 Å². The number of nitrogens with one attached hydrogen (secondary N) is 1. The molecule has 0 aliphatic rings. The van der Waals surface area contributed by atoms with Crippen LogP contribution in [0, 0.1) is 0 Å². The summed E-state index contributed by atoms with van der Waals surface area (Å²) in [5, 5.41) is 0. The van der Waals surface area contributed by atoms with Gasteiger partial charge in [0.1, 0.15) is 18.2 Å². The van der Waals surface area contributed by atoms with Crippen LogP contribution in [0.5, 0.6) is 5.75 Å². The molecule has 0 aliphatic heterocycles. The number of para-hydroxylation sites is 1. The van der Waals surface area contributed by atoms with Crippen LogP contribution in [0.15, 0.2) is 60.8 Å². The summed E-state index contributed by atoms with van der Waals surface area (Å²) in [4.78, 5) is 7.79. The number of benzene rings is 2. The monoisotopic (exact) mass is 279 g/mol. The molecule has 2 aromatic carbocycles. The van der Waals surface area contributed by atoms with Crippen molar-refractivity contribution in [3.63, 3.8) is 0 Å². The minimum Gasteiger partial charge on any atom is -0.492 e. The maximum Gasteiger partial charge on any atom is 0.137 e. The van der Waals surface area contributed by atoms with E-state index in [0.29, 0.717) is 13.2 Å². The highest BCUT2D eigenvalue weighted by Gasteiger charge is 2.09. The third-order valence-electron chi connectivity index (χ3n) is 3.18. The number of rotatable bonds is 5. The van der Waals surface area contributed by atoms with Gasteiger partial charge in [-0.2, -0.15) is 0 Å². The molecule has 0 spiro atoms. The van der Waals surface area contributed by atoms with Gasteiger partial charge < -0.3 is 15.5 Å². The Labute approximate surface area is 123 Å². The quantitative estimate of drug-likeness (QED) is 0.754. The van der Waals surface area contributed by atoms with Crippen molar-refractivity contribution in [3.05, 3.63) is 60.8 Å². The Morgan fingerprint density at radius 2 is 1.76 bits per heavy atom. The van der Waals surface area contributed by atoms with Crippen molar-refractivity contribution >= 4 is 0 Å². The van der Waals surface area contributed by atoms with Crippen LogP contribution in [0.3, 0.4) is 0 Å². The number of nitrogens with two attached hydrogens (primary N) is 1. The summed E-state index contributed by atoms with van der Waals surface area (Å²) in [6.45, 7) is 0.989. The molecule has 1 aromatic heterocycles. The molecule has 0 fully saturated rings. The summed E-state index contributed by atoms with van der Waals surface area (Å²) in [5.41, 5.74) is 8.48. The van der Waals surface area contributed by atoms with Crippen LogP contribution in [-0.4, -0.2) is 23.1 Å². The summed E-state index contributed by atoms with van der Waals surface area (Å²) in [6.07, 6.45) is 1.83. The Balaban J connectivity index is 1.93. The number of hydrogen-bond acceptors (Lipinski definition) is 3. The summed E-state index contributed by atoms with van der Waals surface area (Å²) in [5.74, 6) is 1.66. The molecule has 0 radical (unpaired) electrons. The molecule has 0 amide bonds. The van der Waals surface area contributed by atoms with Crippen LogP contribution < -0.4 is 10.5 Å². The van der Waals surface area contributed by atoms with Gasteiger partial charge in [0.2, 0.25) is 0 Å². The van der Waals surface area contributed by atoms with E-state index >= 15 is 0 Å². The summed E-state index contributed by atoms with van der Waals surface area (Å²) in [6, 6.07) is 17.9. The first-order chi connectivity index (χ1) is 10.4. The highest BCUT2D eigenvalue weighted by atomic mass is 16.5. The fraction of sp³-hybridized carbons (Fsp3) is 0.118. The van der Waals surface area contributed by atoms with Gasteiger partial charge in [0.15, 0.2) is 0 Å². The molecule has 0 atom stereocenters. The first-order valence-electron chi connectivity index (χ1n) is 6.91. The summed E-state index contributed by atoms with van der Waals surface area (Å²) in [7, 11) is 0. The van der Waals surface area contributed by atoms with E-state index in [-0.39, 0.29) is 0 Å². The van der Waals surface area contributed by atoms with Gasteiger partial charge in [-0.05, 0) is 12.1 Å². The Bertz CT molecular complexity index is 707. The lowest BCUT2D eigenvalue weighted by atomic mass is 10.1. The molecule has 0 unspecified atom stereocenters. The van der Waals surface area contributed by atoms with Gasteiger partial charge in [0.05, 0.1) is 11.9 Å². The van der Waals surface area contributed by atoms with E-state index in [9.17, 15) is 0 Å².